The van der Waals surface area contributed by atoms with Gasteiger partial charge in [-0.25, -0.2) is 22.3 Å². The molecule has 0 aromatic heterocycles. The van der Waals surface area contributed by atoms with Crippen LogP contribution in [-0.4, -0.2) is 0 Å². The van der Waals surface area contributed by atoms with Crippen LogP contribution in [0.5, 0.6) is 0 Å². The van der Waals surface area contributed by atoms with E-state index in [9.17, 15) is 0 Å². The average Bonchev–Trinajstić information content (AvgIpc) is 1.45. The second-order valence-electron chi connectivity index (χ2n) is 30.4. The fourth-order valence-electron chi connectivity index (χ4n) is 24.8. The Kier molecular flexibility index (Phi) is 11.7. The van der Waals surface area contributed by atoms with Crippen molar-refractivity contribution in [3.05, 3.63) is 463 Å². The molecule has 2 heteroatoms. The molecule has 0 amide bonds. The number of rotatable bonds is 0. The Balaban J connectivity index is 0.0000000930. The van der Waals surface area contributed by atoms with Gasteiger partial charge in [-0.15, -0.1) is 48.5 Å². The molecule has 0 saturated carbocycles. The third-order valence-electron chi connectivity index (χ3n) is 27.2. The van der Waals surface area contributed by atoms with Crippen LogP contribution >= 0.6 is 0 Å². The van der Waals surface area contributed by atoms with Crippen LogP contribution in [0.4, 0.5) is 0 Å². The van der Waals surface area contributed by atoms with Crippen LogP contribution in [0.1, 0.15) is 111 Å². The quantitative estimate of drug-likeness (QED) is 0.133. The van der Waals surface area contributed by atoms with Gasteiger partial charge in [0.15, 0.2) is 0 Å². The standard InChI is InChI=1S/C37H20.C34H18.C32H18.2Y/c1-3-15-27-25(13-1)26-14-2-4-16-28(26)37-30-18-6-10-22-9-5-17-29(33(22)30)36(27,37)31-19-7-11-23-21-24-12-8-20-32(37)35(24)34(23)31;1-3-15-25-23(13-1)24-14-2-4-16-26(24)34-29-19-7-11-21-9-5-17-27(31(21)29)33(25,34)28-18-6-10-22-12-8-20-30(34)32(22)28;1-7-19-8-2-14-23-28(19)22(13-1)31-24-15-3-9-20-11-5-17-26(29(20)24)32(23,31)27-18-6-12-21-10-4-16-25(31)30(21)27;;/h1-12,15-20H,21H2;1-12,15-20H;1-18H;;/q2*-2;;;. The fraction of sp³-hybridized carbons (Fsp3) is 0.0680. The molecule has 478 valence electrons. The van der Waals surface area contributed by atoms with Gasteiger partial charge in [-0.3, -0.25) is 0 Å². The molecule has 2 atom stereocenters. The zero-order chi connectivity index (χ0) is 66.7. The number of hydrogen-bond acceptors (Lipinski definition) is 0. The third kappa shape index (κ3) is 6.20. The molecule has 10 aliphatic rings. The van der Waals surface area contributed by atoms with E-state index in [0.29, 0.717) is 0 Å². The smallest absolute Gasteiger partial charge is 0.0648 e. The summed E-state index contributed by atoms with van der Waals surface area (Å²) >= 11 is 0. The van der Waals surface area contributed by atoms with Crippen molar-refractivity contribution < 1.29 is 65.4 Å². The van der Waals surface area contributed by atoms with E-state index < -0.39 is 0 Å². The zero-order valence-corrected chi connectivity index (χ0v) is 62.7. The van der Waals surface area contributed by atoms with Crippen LogP contribution in [0, 0.1) is 24.3 Å². The molecule has 0 heterocycles. The maximum Gasteiger partial charge on any atom is 0.0648 e. The van der Waals surface area contributed by atoms with Gasteiger partial charge >= 0.3 is 0 Å². The summed E-state index contributed by atoms with van der Waals surface area (Å²) in [5.41, 5.74) is 34.3. The second-order valence-corrected chi connectivity index (χ2v) is 30.4. The van der Waals surface area contributed by atoms with Crippen molar-refractivity contribution in [2.24, 2.45) is 0 Å². The first-order chi connectivity index (χ1) is 51.1. The molecule has 18 aromatic rings. The van der Waals surface area contributed by atoms with Gasteiger partial charge in [0.2, 0.25) is 0 Å². The van der Waals surface area contributed by atoms with E-state index in [4.69, 9.17) is 0 Å². The molecule has 0 bridgehead atoms. The first-order valence-corrected chi connectivity index (χ1v) is 36.6. The van der Waals surface area contributed by atoms with Gasteiger partial charge < -0.3 is 0 Å². The molecule has 0 spiro atoms. The molecule has 28 rings (SSSR count). The van der Waals surface area contributed by atoms with Crippen molar-refractivity contribution in [2.45, 2.75) is 38.9 Å². The Hall–Kier alpha value is -10.3. The van der Waals surface area contributed by atoms with E-state index in [1.807, 2.05) is 0 Å². The molecular weight excluding hydrogens is 1410 g/mol. The van der Waals surface area contributed by atoms with Crippen molar-refractivity contribution in [2.75, 3.05) is 0 Å². The summed E-state index contributed by atoms with van der Waals surface area (Å²) < 4.78 is 0. The summed E-state index contributed by atoms with van der Waals surface area (Å²) in [6.07, 6.45) is 1.01. The van der Waals surface area contributed by atoms with Crippen LogP contribution in [-0.2, 0) is 104 Å². The molecule has 0 saturated heterocycles. The molecule has 10 aliphatic carbocycles. The van der Waals surface area contributed by atoms with Crippen molar-refractivity contribution in [3.63, 3.8) is 0 Å². The van der Waals surface area contributed by atoms with Crippen LogP contribution < -0.4 is 0 Å². The van der Waals surface area contributed by atoms with Crippen LogP contribution in [0.25, 0.3) is 98.0 Å². The van der Waals surface area contributed by atoms with E-state index >= 15 is 0 Å². The van der Waals surface area contributed by atoms with E-state index in [-0.39, 0.29) is 97.9 Å². The van der Waals surface area contributed by atoms with E-state index in [0.717, 1.165) is 6.42 Å². The Morgan fingerprint density at radius 2 is 0.333 bits per heavy atom. The Morgan fingerprint density at radius 3 is 0.543 bits per heavy atom. The predicted molar refractivity (Wildman–Crippen MR) is 417 cm³/mol. The first-order valence-electron chi connectivity index (χ1n) is 36.6. The number of benzene rings is 18. The molecule has 2 radical (unpaired) electrons. The van der Waals surface area contributed by atoms with Gasteiger partial charge in [-0.2, -0.15) is 70.8 Å². The minimum atomic E-state index is -0.382. The van der Waals surface area contributed by atoms with E-state index in [1.54, 1.807) is 0 Å². The van der Waals surface area contributed by atoms with Gasteiger partial charge in [-0.1, -0.05) is 255 Å². The van der Waals surface area contributed by atoms with Gasteiger partial charge in [0.05, 0.1) is 10.8 Å². The van der Waals surface area contributed by atoms with Gasteiger partial charge in [-0.05, 0) is 171 Å². The maximum absolute atomic E-state index is 3.69. The Morgan fingerprint density at radius 1 is 0.171 bits per heavy atom. The minimum absolute atomic E-state index is 0. The van der Waals surface area contributed by atoms with Crippen molar-refractivity contribution in [3.8, 4) is 33.4 Å². The summed E-state index contributed by atoms with van der Waals surface area (Å²) in [5.74, 6) is 0. The minimum Gasteiger partial charge on any atom is -0.222 e. The van der Waals surface area contributed by atoms with Crippen LogP contribution in [0.15, 0.2) is 328 Å². The summed E-state index contributed by atoms with van der Waals surface area (Å²) in [4.78, 5) is 0. The average molecular weight is 1470 g/mol. The van der Waals surface area contributed by atoms with Gasteiger partial charge in [0.25, 0.3) is 0 Å². The van der Waals surface area contributed by atoms with Crippen molar-refractivity contribution in [1.29, 1.82) is 0 Å². The molecule has 0 nitrogen and oxygen atoms in total. The SMILES string of the molecule is [Y].[Y].[c-]1cccc2c1-c1[c-]cccc1C13c4cccc5c4-c4c(cccc4C21c1cccc2cccc3c12)C5.[c-]1cccc2c1-c1[c-]cccc1C13c4cccc5cccc(c45)C21c1cccc2cccc3c12.c1cc2c3c(cccc3c1)C13c4cccc5cccc(c45)C21c1cccc2cccc3c12. The van der Waals surface area contributed by atoms with Crippen molar-refractivity contribution >= 4 is 64.6 Å². The molecule has 2 unspecified atom stereocenters. The van der Waals surface area contributed by atoms with E-state index in [1.165, 1.54) is 209 Å². The Bertz CT molecular complexity index is 6390. The molecule has 0 fully saturated rings. The summed E-state index contributed by atoms with van der Waals surface area (Å²) in [6, 6.07) is 138. The first kappa shape index (κ1) is 60.0. The summed E-state index contributed by atoms with van der Waals surface area (Å²) in [7, 11) is 0. The largest absolute Gasteiger partial charge is 0.222 e. The number of fused-ring (bicyclic) bond motifs is 6. The van der Waals surface area contributed by atoms with E-state index in [2.05, 4.69) is 352 Å². The Labute approximate surface area is 658 Å². The van der Waals surface area contributed by atoms with Gasteiger partial charge in [0.1, 0.15) is 0 Å². The number of hydrogen-bond donors (Lipinski definition) is 0. The molecule has 0 N–H and O–H groups in total. The predicted octanol–water partition coefficient (Wildman–Crippen LogP) is 23.0. The second kappa shape index (κ2) is 20.4. The molecule has 105 heavy (non-hydrogen) atoms. The van der Waals surface area contributed by atoms with Gasteiger partial charge in [0, 0.05) is 87.1 Å². The topological polar surface area (TPSA) is 0 Å². The molecular formula is C103H56Y2-4. The van der Waals surface area contributed by atoms with Crippen LogP contribution in [0.2, 0.25) is 0 Å². The maximum atomic E-state index is 3.69. The summed E-state index contributed by atoms with van der Waals surface area (Å²) in [6.45, 7) is 0. The molecule has 18 aromatic carbocycles. The summed E-state index contributed by atoms with van der Waals surface area (Å²) in [5, 5.41) is 16.6. The fourth-order valence-corrected chi connectivity index (χ4v) is 24.8. The normalized spacial score (nSPS) is 22.1. The molecule has 0 aliphatic heterocycles. The monoisotopic (exact) mass is 1470 g/mol. The zero-order valence-electron chi connectivity index (χ0n) is 57.0. The van der Waals surface area contributed by atoms with Crippen LogP contribution in [0.3, 0.4) is 0 Å². The third-order valence-corrected chi connectivity index (χ3v) is 27.2. The van der Waals surface area contributed by atoms with Crippen molar-refractivity contribution in [1.82, 2.24) is 0 Å².